The van der Waals surface area contributed by atoms with Crippen molar-refractivity contribution in [2.24, 2.45) is 0 Å². The fourth-order valence-corrected chi connectivity index (χ4v) is 4.56. The van der Waals surface area contributed by atoms with Gasteiger partial charge in [-0.3, -0.25) is 4.68 Å². The summed E-state index contributed by atoms with van der Waals surface area (Å²) in [6.45, 7) is 5.56. The van der Waals surface area contributed by atoms with E-state index in [1.807, 2.05) is 12.4 Å². The Kier molecular flexibility index (Phi) is 5.51. The maximum absolute atomic E-state index is 14.4. The summed E-state index contributed by atoms with van der Waals surface area (Å²) < 4.78 is 22.8. The van der Waals surface area contributed by atoms with Crippen molar-refractivity contribution in [3.63, 3.8) is 0 Å². The lowest BCUT2D eigenvalue weighted by Crippen LogP contribution is -2.28. The third kappa shape index (κ3) is 4.23. The topological polar surface area (TPSA) is 120 Å². The summed E-state index contributed by atoms with van der Waals surface area (Å²) in [5.41, 5.74) is 7.31. The summed E-state index contributed by atoms with van der Waals surface area (Å²) >= 11 is 0. The van der Waals surface area contributed by atoms with Gasteiger partial charge in [-0.1, -0.05) is 6.42 Å². The summed E-state index contributed by atoms with van der Waals surface area (Å²) in [5.74, 6) is 0.531. The van der Waals surface area contributed by atoms with Crippen LogP contribution in [0.3, 0.4) is 0 Å². The largest absolute Gasteiger partial charge is 0.494 e. The second-order valence-corrected chi connectivity index (χ2v) is 9.53. The van der Waals surface area contributed by atoms with Crippen molar-refractivity contribution in [1.82, 2.24) is 29.4 Å². The Morgan fingerprint density at radius 3 is 2.85 bits per heavy atom. The molecule has 1 unspecified atom stereocenters. The normalized spacial score (nSPS) is 17.4. The van der Waals surface area contributed by atoms with E-state index in [4.69, 9.17) is 15.5 Å². The van der Waals surface area contributed by atoms with Crippen LogP contribution in [0.2, 0.25) is 0 Å². The van der Waals surface area contributed by atoms with Gasteiger partial charge in [0.15, 0.2) is 23.0 Å². The Bertz CT molecular complexity index is 1340. The summed E-state index contributed by atoms with van der Waals surface area (Å²) in [6, 6.07) is 2.89. The first-order valence-corrected chi connectivity index (χ1v) is 11.4. The molecule has 3 aromatic heterocycles. The van der Waals surface area contributed by atoms with Crippen LogP contribution in [0.1, 0.15) is 44.9 Å². The first-order valence-electron chi connectivity index (χ1n) is 11.4. The molecule has 0 spiro atoms. The third-order valence-corrected chi connectivity index (χ3v) is 6.16. The van der Waals surface area contributed by atoms with Crippen molar-refractivity contribution in [2.45, 2.75) is 51.2 Å². The predicted molar refractivity (Wildman–Crippen MR) is 127 cm³/mol. The van der Waals surface area contributed by atoms with Crippen molar-refractivity contribution in [2.75, 3.05) is 30.8 Å². The van der Waals surface area contributed by atoms with Crippen LogP contribution in [0.4, 0.5) is 16.0 Å². The fourth-order valence-electron chi connectivity index (χ4n) is 4.56. The highest BCUT2D eigenvalue weighted by Crippen LogP contribution is 2.31. The Labute approximate surface area is 196 Å². The van der Waals surface area contributed by atoms with E-state index in [9.17, 15) is 9.50 Å². The third-order valence-electron chi connectivity index (χ3n) is 6.16. The molecule has 3 N–H and O–H groups in total. The number of nitrogens with two attached hydrogens (primary N) is 1. The van der Waals surface area contributed by atoms with Gasteiger partial charge >= 0.3 is 0 Å². The van der Waals surface area contributed by atoms with Gasteiger partial charge in [0, 0.05) is 36.7 Å². The first kappa shape index (κ1) is 22.3. The van der Waals surface area contributed by atoms with Gasteiger partial charge in [-0.15, -0.1) is 5.10 Å². The molecule has 1 fully saturated rings. The monoisotopic (exact) mass is 468 g/mol. The van der Waals surface area contributed by atoms with E-state index >= 15 is 0 Å². The molecule has 34 heavy (non-hydrogen) atoms. The molecule has 0 saturated carbocycles. The zero-order chi connectivity index (χ0) is 24.0. The Morgan fingerprint density at radius 2 is 2.09 bits per heavy atom. The molecule has 0 aliphatic carbocycles. The quantitative estimate of drug-likeness (QED) is 0.459. The van der Waals surface area contributed by atoms with Crippen LogP contribution in [-0.2, 0) is 6.54 Å². The SMILES string of the molecule is COc1cc2nc(N)n3nc(C4CCCCN(c5cnn(CC(C)(C)O)c5)C4)nc3c2cc1F. The van der Waals surface area contributed by atoms with Gasteiger partial charge in [-0.25, -0.2) is 14.4 Å². The minimum absolute atomic E-state index is 0.0672. The maximum atomic E-state index is 14.4. The van der Waals surface area contributed by atoms with Gasteiger partial charge < -0.3 is 20.5 Å². The number of rotatable bonds is 5. The second kappa shape index (κ2) is 8.39. The number of halogens is 1. The number of aliphatic hydroxyl groups is 1. The van der Waals surface area contributed by atoms with Crippen molar-refractivity contribution >= 4 is 28.2 Å². The smallest absolute Gasteiger partial charge is 0.223 e. The molecule has 180 valence electrons. The zero-order valence-corrected chi connectivity index (χ0v) is 19.6. The standard InChI is InChI=1S/C23H29FN8O2/c1-23(2,33)13-31-12-15(10-26-31)30-7-5-4-6-14(11-30)20-28-21-16-8-17(24)19(34-3)9-18(16)27-22(25)32(21)29-20/h8-10,12,14,33H,4-7,11,13H2,1-3H3,(H2,25,27). The molecule has 5 rings (SSSR count). The average molecular weight is 469 g/mol. The number of nitrogens with zero attached hydrogens (tertiary/aromatic N) is 7. The molecular formula is C23H29FN8O2. The number of benzene rings is 1. The Balaban J connectivity index is 1.48. The van der Waals surface area contributed by atoms with E-state index in [1.54, 1.807) is 18.5 Å². The highest BCUT2D eigenvalue weighted by Gasteiger charge is 2.26. The lowest BCUT2D eigenvalue weighted by atomic mass is 10.0. The van der Waals surface area contributed by atoms with E-state index in [2.05, 4.69) is 20.1 Å². The van der Waals surface area contributed by atoms with Gasteiger partial charge in [-0.2, -0.15) is 9.61 Å². The van der Waals surface area contributed by atoms with Crippen molar-refractivity contribution < 1.29 is 14.2 Å². The van der Waals surface area contributed by atoms with Gasteiger partial charge in [0.1, 0.15) is 0 Å². The number of methoxy groups -OCH3 is 1. The second-order valence-electron chi connectivity index (χ2n) is 9.53. The molecule has 1 aromatic carbocycles. The summed E-state index contributed by atoms with van der Waals surface area (Å²) in [6.07, 6.45) is 6.80. The van der Waals surface area contributed by atoms with E-state index in [0.717, 1.165) is 38.0 Å². The molecule has 1 aliphatic heterocycles. The number of fused-ring (bicyclic) bond motifs is 3. The number of aromatic nitrogens is 6. The minimum Gasteiger partial charge on any atom is -0.494 e. The zero-order valence-electron chi connectivity index (χ0n) is 19.6. The van der Waals surface area contributed by atoms with Crippen LogP contribution in [0.5, 0.6) is 5.75 Å². The van der Waals surface area contributed by atoms with Crippen LogP contribution in [0.25, 0.3) is 16.6 Å². The Morgan fingerprint density at radius 1 is 1.26 bits per heavy atom. The van der Waals surface area contributed by atoms with Gasteiger partial charge in [0.2, 0.25) is 5.95 Å². The fraction of sp³-hybridized carbons (Fsp3) is 0.478. The number of nitrogen functional groups attached to an aromatic ring is 1. The summed E-state index contributed by atoms with van der Waals surface area (Å²) in [5, 5.41) is 19.7. The van der Waals surface area contributed by atoms with Crippen LogP contribution >= 0.6 is 0 Å². The lowest BCUT2D eigenvalue weighted by Gasteiger charge is -2.23. The highest BCUT2D eigenvalue weighted by molar-refractivity contribution is 5.93. The highest BCUT2D eigenvalue weighted by atomic mass is 19.1. The summed E-state index contributed by atoms with van der Waals surface area (Å²) in [7, 11) is 1.41. The molecule has 10 nitrogen and oxygen atoms in total. The van der Waals surface area contributed by atoms with E-state index in [1.165, 1.54) is 23.8 Å². The Hall–Kier alpha value is -3.47. The molecule has 0 bridgehead atoms. The lowest BCUT2D eigenvalue weighted by molar-refractivity contribution is 0.0577. The van der Waals surface area contributed by atoms with E-state index < -0.39 is 11.4 Å². The molecule has 11 heteroatoms. The maximum Gasteiger partial charge on any atom is 0.223 e. The van der Waals surface area contributed by atoms with Crippen molar-refractivity contribution in [1.29, 1.82) is 0 Å². The molecule has 1 atom stereocenters. The molecule has 0 radical (unpaired) electrons. The molecule has 4 aromatic rings. The van der Waals surface area contributed by atoms with Gasteiger partial charge in [0.25, 0.3) is 0 Å². The number of hydrogen-bond acceptors (Lipinski definition) is 8. The van der Waals surface area contributed by atoms with Crippen LogP contribution < -0.4 is 15.4 Å². The average Bonchev–Trinajstić information content (AvgIpc) is 3.35. The number of anilines is 2. The molecule has 1 aliphatic rings. The van der Waals surface area contributed by atoms with Gasteiger partial charge in [0.05, 0.1) is 36.7 Å². The van der Waals surface area contributed by atoms with E-state index in [-0.39, 0.29) is 17.6 Å². The molecule has 1 saturated heterocycles. The van der Waals surface area contributed by atoms with Crippen LogP contribution in [-0.4, -0.2) is 60.3 Å². The molecule has 0 amide bonds. The van der Waals surface area contributed by atoms with Crippen molar-refractivity contribution in [3.8, 4) is 5.75 Å². The van der Waals surface area contributed by atoms with Crippen LogP contribution in [0, 0.1) is 5.82 Å². The minimum atomic E-state index is -0.842. The van der Waals surface area contributed by atoms with Gasteiger partial charge in [-0.05, 0) is 32.8 Å². The van der Waals surface area contributed by atoms with Crippen LogP contribution in [0.15, 0.2) is 24.5 Å². The summed E-state index contributed by atoms with van der Waals surface area (Å²) in [4.78, 5) is 11.4. The number of hydrogen-bond donors (Lipinski definition) is 2. The number of ether oxygens (including phenoxy) is 1. The predicted octanol–water partition coefficient (Wildman–Crippen LogP) is 2.75. The molecular weight excluding hydrogens is 439 g/mol. The molecule has 4 heterocycles. The van der Waals surface area contributed by atoms with E-state index in [0.29, 0.717) is 28.9 Å². The first-order chi connectivity index (χ1) is 16.2. The van der Waals surface area contributed by atoms with Crippen molar-refractivity contribution in [3.05, 3.63) is 36.2 Å².